The first kappa shape index (κ1) is 19.7. The highest BCUT2D eigenvalue weighted by Gasteiger charge is 2.23. The Labute approximate surface area is 159 Å². The van der Waals surface area contributed by atoms with Gasteiger partial charge in [0, 0.05) is 5.39 Å². The third-order valence-corrected chi connectivity index (χ3v) is 5.40. The Balaban J connectivity index is 1.92. The van der Waals surface area contributed by atoms with Gasteiger partial charge in [0.15, 0.2) is 11.5 Å². The van der Waals surface area contributed by atoms with E-state index in [1.54, 1.807) is 19.9 Å². The number of aromatic amines is 1. The van der Waals surface area contributed by atoms with Crippen molar-refractivity contribution in [1.29, 1.82) is 0 Å². The normalized spacial score (nSPS) is 11.6. The number of carbonyl (C=O) groups excluding carboxylic acids is 1. The van der Waals surface area contributed by atoms with E-state index in [1.165, 1.54) is 6.20 Å². The van der Waals surface area contributed by atoms with E-state index >= 15 is 0 Å². The number of anilines is 2. The van der Waals surface area contributed by atoms with E-state index in [0.717, 1.165) is 12.1 Å². The second kappa shape index (κ2) is 7.50. The number of aryl methyl sites for hydroxylation is 1. The Bertz CT molecular complexity index is 1160. The lowest BCUT2D eigenvalue weighted by molar-refractivity contribution is 0.101. The van der Waals surface area contributed by atoms with Crippen LogP contribution in [-0.2, 0) is 10.0 Å². The molecule has 0 atom stereocenters. The number of amides is 1. The molecule has 0 unspecified atom stereocenters. The van der Waals surface area contributed by atoms with Crippen molar-refractivity contribution in [3.05, 3.63) is 47.3 Å². The zero-order valence-electron chi connectivity index (χ0n) is 15.0. The van der Waals surface area contributed by atoms with Crippen molar-refractivity contribution in [2.24, 2.45) is 0 Å². The summed E-state index contributed by atoms with van der Waals surface area (Å²) in [5.41, 5.74) is -0.0544. The molecule has 1 amide bonds. The van der Waals surface area contributed by atoms with Crippen LogP contribution in [0.25, 0.3) is 11.0 Å². The summed E-state index contributed by atoms with van der Waals surface area (Å²) >= 11 is 0. The molecule has 1 aromatic carbocycles. The predicted octanol–water partition coefficient (Wildman–Crippen LogP) is 2.95. The number of aromatic nitrogens is 3. The van der Waals surface area contributed by atoms with Crippen LogP contribution in [0, 0.1) is 18.6 Å². The maximum Gasteiger partial charge on any atom is 0.261 e. The molecular formula is C17H17F2N5O3S. The largest absolute Gasteiger partial charge is 0.320 e. The highest BCUT2D eigenvalue weighted by Crippen LogP contribution is 2.24. The number of fused-ring (bicyclic) bond motifs is 1. The number of pyridine rings is 1. The van der Waals surface area contributed by atoms with Crippen LogP contribution >= 0.6 is 0 Å². The van der Waals surface area contributed by atoms with Gasteiger partial charge < -0.3 is 5.32 Å². The van der Waals surface area contributed by atoms with Crippen LogP contribution in [0.5, 0.6) is 0 Å². The lowest BCUT2D eigenvalue weighted by Gasteiger charge is -2.12. The van der Waals surface area contributed by atoms with Crippen molar-refractivity contribution in [1.82, 2.24) is 15.2 Å². The van der Waals surface area contributed by atoms with Gasteiger partial charge in [-0.2, -0.15) is 5.10 Å². The fourth-order valence-electron chi connectivity index (χ4n) is 2.62. The van der Waals surface area contributed by atoms with Crippen LogP contribution < -0.4 is 10.0 Å². The summed E-state index contributed by atoms with van der Waals surface area (Å²) in [5, 5.41) is 9.68. The van der Waals surface area contributed by atoms with Crippen molar-refractivity contribution < 1.29 is 22.0 Å². The summed E-state index contributed by atoms with van der Waals surface area (Å²) in [6.07, 6.45) is 1.62. The van der Waals surface area contributed by atoms with Gasteiger partial charge in [-0.25, -0.2) is 22.2 Å². The number of rotatable bonds is 6. The predicted molar refractivity (Wildman–Crippen MR) is 101 cm³/mol. The summed E-state index contributed by atoms with van der Waals surface area (Å²) in [6, 6.07) is 3.31. The number of sulfonamides is 1. The van der Waals surface area contributed by atoms with Crippen molar-refractivity contribution in [3.63, 3.8) is 0 Å². The molecule has 2 aromatic heterocycles. The summed E-state index contributed by atoms with van der Waals surface area (Å²) < 4.78 is 54.5. The van der Waals surface area contributed by atoms with Crippen LogP contribution in [0.3, 0.4) is 0 Å². The number of nitrogens with one attached hydrogen (secondary N) is 3. The lowest BCUT2D eigenvalue weighted by atomic mass is 10.1. The topological polar surface area (TPSA) is 117 Å². The number of hydrogen-bond acceptors (Lipinski definition) is 5. The molecule has 11 heteroatoms. The van der Waals surface area contributed by atoms with Gasteiger partial charge in [0.2, 0.25) is 10.0 Å². The Kier molecular flexibility index (Phi) is 5.27. The van der Waals surface area contributed by atoms with E-state index in [1.807, 2.05) is 4.72 Å². The minimum absolute atomic E-state index is 0.206. The molecule has 0 spiro atoms. The van der Waals surface area contributed by atoms with Gasteiger partial charge in [0.05, 0.1) is 29.0 Å². The van der Waals surface area contributed by atoms with Gasteiger partial charge in [-0.3, -0.25) is 14.6 Å². The lowest BCUT2D eigenvalue weighted by Crippen LogP contribution is -2.20. The molecule has 0 aliphatic rings. The van der Waals surface area contributed by atoms with Gasteiger partial charge >= 0.3 is 0 Å². The van der Waals surface area contributed by atoms with Crippen LogP contribution in [0.2, 0.25) is 0 Å². The number of carbonyl (C=O) groups is 1. The average molecular weight is 409 g/mol. The highest BCUT2D eigenvalue weighted by molar-refractivity contribution is 7.92. The quantitative estimate of drug-likeness (QED) is 0.579. The molecule has 0 saturated heterocycles. The third-order valence-electron chi connectivity index (χ3n) is 3.92. The second-order valence-electron chi connectivity index (χ2n) is 6.09. The zero-order valence-corrected chi connectivity index (χ0v) is 15.8. The summed E-state index contributed by atoms with van der Waals surface area (Å²) in [5.74, 6) is -3.73. The molecule has 0 fully saturated rings. The molecule has 148 valence electrons. The number of nitrogens with zero attached hydrogens (tertiary/aromatic N) is 2. The van der Waals surface area contributed by atoms with E-state index in [0.29, 0.717) is 23.1 Å². The molecule has 2 heterocycles. The van der Waals surface area contributed by atoms with E-state index in [-0.39, 0.29) is 11.4 Å². The van der Waals surface area contributed by atoms with Crippen molar-refractivity contribution in [2.75, 3.05) is 15.8 Å². The zero-order chi connectivity index (χ0) is 20.5. The number of H-pyrrole nitrogens is 1. The minimum atomic E-state index is -3.81. The van der Waals surface area contributed by atoms with Crippen molar-refractivity contribution in [3.8, 4) is 0 Å². The van der Waals surface area contributed by atoms with Crippen molar-refractivity contribution >= 4 is 38.3 Å². The average Bonchev–Trinajstić information content (AvgIpc) is 2.98. The molecule has 3 rings (SSSR count). The van der Waals surface area contributed by atoms with E-state index in [9.17, 15) is 22.0 Å². The second-order valence-corrected chi connectivity index (χ2v) is 7.93. The third kappa shape index (κ3) is 3.93. The first-order valence-electron chi connectivity index (χ1n) is 8.32. The van der Waals surface area contributed by atoms with Gasteiger partial charge in [-0.15, -0.1) is 0 Å². The van der Waals surface area contributed by atoms with Gasteiger partial charge in [-0.1, -0.05) is 6.92 Å². The Morgan fingerprint density at radius 1 is 1.29 bits per heavy atom. The number of benzene rings is 1. The molecule has 0 saturated carbocycles. The summed E-state index contributed by atoms with van der Waals surface area (Å²) in [7, 11) is -3.81. The first-order valence-corrected chi connectivity index (χ1v) is 9.97. The maximum atomic E-state index is 14.7. The van der Waals surface area contributed by atoms with Crippen LogP contribution in [-0.4, -0.2) is 35.3 Å². The molecule has 8 nitrogen and oxygen atoms in total. The number of hydrogen-bond donors (Lipinski definition) is 3. The van der Waals surface area contributed by atoms with Gasteiger partial charge in [-0.05, 0) is 31.5 Å². The maximum absolute atomic E-state index is 14.7. The monoisotopic (exact) mass is 409 g/mol. The minimum Gasteiger partial charge on any atom is -0.320 e. The highest BCUT2D eigenvalue weighted by atomic mass is 32.2. The molecule has 0 aliphatic heterocycles. The van der Waals surface area contributed by atoms with E-state index < -0.39 is 38.8 Å². The van der Waals surface area contributed by atoms with Crippen LogP contribution in [0.4, 0.5) is 20.2 Å². The molecular weight excluding hydrogens is 392 g/mol. The Morgan fingerprint density at radius 3 is 2.75 bits per heavy atom. The molecule has 0 bridgehead atoms. The smallest absolute Gasteiger partial charge is 0.261 e. The fraction of sp³-hybridized carbons (Fsp3) is 0.235. The first-order chi connectivity index (χ1) is 13.2. The Morgan fingerprint density at radius 2 is 2.04 bits per heavy atom. The van der Waals surface area contributed by atoms with E-state index in [4.69, 9.17) is 0 Å². The molecule has 0 aliphatic carbocycles. The summed E-state index contributed by atoms with van der Waals surface area (Å²) in [6.45, 7) is 3.38. The molecule has 28 heavy (non-hydrogen) atoms. The molecule has 0 radical (unpaired) electrons. The molecule has 3 aromatic rings. The van der Waals surface area contributed by atoms with Gasteiger partial charge in [0.25, 0.3) is 5.91 Å². The summed E-state index contributed by atoms with van der Waals surface area (Å²) in [4.78, 5) is 16.5. The van der Waals surface area contributed by atoms with E-state index in [2.05, 4.69) is 20.5 Å². The molecule has 3 N–H and O–H groups in total. The van der Waals surface area contributed by atoms with Crippen molar-refractivity contribution in [2.45, 2.75) is 20.3 Å². The number of halogens is 2. The fourth-order valence-corrected chi connectivity index (χ4v) is 3.75. The van der Waals surface area contributed by atoms with Crippen LogP contribution in [0.15, 0.2) is 24.4 Å². The SMILES string of the molecule is CCCS(=O)(=O)Nc1ccc(F)c(C(=O)Nc2cnc3[nH]nc(C)c3c2)c1F. The van der Waals surface area contributed by atoms with Gasteiger partial charge in [0.1, 0.15) is 11.4 Å². The standard InChI is InChI=1S/C17H17F2N5O3S/c1-3-6-28(26,27)24-13-5-4-12(18)14(15(13)19)17(25)21-10-7-11-9(2)22-23-16(11)20-8-10/h4-5,7-8,24H,3,6H2,1-2H3,(H,21,25)(H,20,22,23). The van der Waals surface area contributed by atoms with Crippen LogP contribution in [0.1, 0.15) is 29.4 Å². The Hall–Kier alpha value is -3.08.